The Kier molecular flexibility index (Phi) is 4.67. The number of rotatable bonds is 3. The fourth-order valence-corrected chi connectivity index (χ4v) is 2.09. The molecule has 0 saturated carbocycles. The van der Waals surface area contributed by atoms with Crippen LogP contribution >= 0.6 is 0 Å². The van der Waals surface area contributed by atoms with Crippen LogP contribution in [0.3, 0.4) is 0 Å². The molecule has 1 nitrogen and oxygen atoms in total. The molecule has 0 aliphatic carbocycles. The second kappa shape index (κ2) is 5.55. The Morgan fingerprint density at radius 3 is 2.64 bits per heavy atom. The Morgan fingerprint density at radius 1 is 1.36 bits per heavy atom. The number of hydrogen-bond acceptors (Lipinski definition) is 1. The van der Waals surface area contributed by atoms with Gasteiger partial charge in [-0.15, -0.1) is 0 Å². The zero-order valence-corrected chi connectivity index (χ0v) is 10.2. The lowest BCUT2D eigenvalue weighted by molar-refractivity contribution is 0.215. The molecule has 0 radical (unpaired) electrons. The van der Waals surface area contributed by atoms with Gasteiger partial charge in [0.15, 0.2) is 0 Å². The maximum atomic E-state index is 2.60. The fraction of sp³-hybridized carbons (Fsp3) is 0.846. The zero-order valence-electron chi connectivity index (χ0n) is 10.2. The van der Waals surface area contributed by atoms with Gasteiger partial charge in [-0.1, -0.05) is 32.9 Å². The van der Waals surface area contributed by atoms with Gasteiger partial charge in [-0.25, -0.2) is 0 Å². The van der Waals surface area contributed by atoms with Crippen molar-refractivity contribution in [3.05, 3.63) is 12.2 Å². The molecule has 0 aromatic heterocycles. The van der Waals surface area contributed by atoms with Crippen LogP contribution in [0.15, 0.2) is 12.2 Å². The topological polar surface area (TPSA) is 3.24 Å². The van der Waals surface area contributed by atoms with Gasteiger partial charge < -0.3 is 0 Å². The fourth-order valence-electron chi connectivity index (χ4n) is 2.09. The van der Waals surface area contributed by atoms with E-state index in [2.05, 4.69) is 44.7 Å². The molecule has 1 aliphatic heterocycles. The second-order valence-corrected chi connectivity index (χ2v) is 4.88. The van der Waals surface area contributed by atoms with Crippen LogP contribution in [0, 0.1) is 11.8 Å². The van der Waals surface area contributed by atoms with Gasteiger partial charge in [0.1, 0.15) is 0 Å². The maximum absolute atomic E-state index is 2.60. The van der Waals surface area contributed by atoms with Gasteiger partial charge in [0.05, 0.1) is 0 Å². The van der Waals surface area contributed by atoms with Crippen molar-refractivity contribution < 1.29 is 0 Å². The SMILES string of the molecule is CCC(C)N1CC=CC(C(C)C)CC1. The summed E-state index contributed by atoms with van der Waals surface area (Å²) in [5.74, 6) is 1.59. The summed E-state index contributed by atoms with van der Waals surface area (Å²) >= 11 is 0. The van der Waals surface area contributed by atoms with Gasteiger partial charge in [0, 0.05) is 12.6 Å². The smallest absolute Gasteiger partial charge is 0.0166 e. The summed E-state index contributed by atoms with van der Waals surface area (Å²) in [6.07, 6.45) is 7.38. The monoisotopic (exact) mass is 195 g/mol. The van der Waals surface area contributed by atoms with Crippen LogP contribution in [0.5, 0.6) is 0 Å². The predicted molar refractivity (Wildman–Crippen MR) is 63.4 cm³/mol. The third kappa shape index (κ3) is 3.13. The minimum Gasteiger partial charge on any atom is -0.297 e. The third-order valence-corrected chi connectivity index (χ3v) is 3.54. The van der Waals surface area contributed by atoms with Crippen molar-refractivity contribution in [2.45, 2.75) is 46.6 Å². The van der Waals surface area contributed by atoms with E-state index >= 15 is 0 Å². The Bertz CT molecular complexity index is 184. The standard InChI is InChI=1S/C13H25N/c1-5-12(4)14-9-6-7-13(8-10-14)11(2)3/h6-7,11-13H,5,8-10H2,1-4H3. The lowest BCUT2D eigenvalue weighted by Crippen LogP contribution is -2.33. The van der Waals surface area contributed by atoms with Crippen molar-refractivity contribution in [3.63, 3.8) is 0 Å². The highest BCUT2D eigenvalue weighted by Crippen LogP contribution is 2.21. The van der Waals surface area contributed by atoms with Crippen LogP contribution in [-0.2, 0) is 0 Å². The molecule has 0 N–H and O–H groups in total. The average molecular weight is 195 g/mol. The van der Waals surface area contributed by atoms with E-state index in [0.717, 1.165) is 24.4 Å². The summed E-state index contributed by atoms with van der Waals surface area (Å²) in [6.45, 7) is 11.7. The molecule has 1 heteroatoms. The van der Waals surface area contributed by atoms with E-state index in [1.165, 1.54) is 19.4 Å². The quantitative estimate of drug-likeness (QED) is 0.624. The van der Waals surface area contributed by atoms with E-state index in [-0.39, 0.29) is 0 Å². The average Bonchev–Trinajstić information content (AvgIpc) is 2.41. The molecule has 82 valence electrons. The molecule has 0 amide bonds. The van der Waals surface area contributed by atoms with Crippen molar-refractivity contribution >= 4 is 0 Å². The van der Waals surface area contributed by atoms with Crippen LogP contribution < -0.4 is 0 Å². The highest BCUT2D eigenvalue weighted by atomic mass is 15.1. The molecule has 0 aromatic rings. The molecule has 1 aliphatic rings. The number of nitrogens with zero attached hydrogens (tertiary/aromatic N) is 1. The molecule has 0 spiro atoms. The summed E-state index contributed by atoms with van der Waals surface area (Å²) in [4.78, 5) is 2.60. The molecule has 2 unspecified atom stereocenters. The van der Waals surface area contributed by atoms with E-state index in [1.807, 2.05) is 0 Å². The molecule has 2 atom stereocenters. The number of allylic oxidation sites excluding steroid dienone is 1. The van der Waals surface area contributed by atoms with Gasteiger partial charge in [0.2, 0.25) is 0 Å². The van der Waals surface area contributed by atoms with E-state index in [9.17, 15) is 0 Å². The lowest BCUT2D eigenvalue weighted by Gasteiger charge is -2.26. The Hall–Kier alpha value is -0.300. The van der Waals surface area contributed by atoms with Crippen LogP contribution in [0.4, 0.5) is 0 Å². The summed E-state index contributed by atoms with van der Waals surface area (Å²) in [7, 11) is 0. The normalized spacial score (nSPS) is 26.5. The zero-order chi connectivity index (χ0) is 10.6. The first-order chi connectivity index (χ1) is 6.65. The molecule has 0 saturated heterocycles. The summed E-state index contributed by atoms with van der Waals surface area (Å²) in [5, 5.41) is 0. The first-order valence-electron chi connectivity index (χ1n) is 6.05. The van der Waals surface area contributed by atoms with Crippen LogP contribution in [-0.4, -0.2) is 24.0 Å². The molecular formula is C13H25N. The summed E-state index contributed by atoms with van der Waals surface area (Å²) in [5.41, 5.74) is 0. The first-order valence-corrected chi connectivity index (χ1v) is 6.05. The van der Waals surface area contributed by atoms with Gasteiger partial charge >= 0.3 is 0 Å². The molecule has 1 rings (SSSR count). The molecule has 0 aromatic carbocycles. The lowest BCUT2D eigenvalue weighted by atomic mass is 9.92. The van der Waals surface area contributed by atoms with Crippen LogP contribution in [0.2, 0.25) is 0 Å². The van der Waals surface area contributed by atoms with Crippen molar-refractivity contribution in [1.29, 1.82) is 0 Å². The van der Waals surface area contributed by atoms with Crippen molar-refractivity contribution in [3.8, 4) is 0 Å². The van der Waals surface area contributed by atoms with Crippen molar-refractivity contribution in [2.75, 3.05) is 13.1 Å². The molecule has 1 heterocycles. The number of hydrogen-bond donors (Lipinski definition) is 0. The van der Waals surface area contributed by atoms with E-state index in [1.54, 1.807) is 0 Å². The first kappa shape index (κ1) is 11.8. The predicted octanol–water partition coefficient (Wildman–Crippen LogP) is 3.32. The van der Waals surface area contributed by atoms with Gasteiger partial charge in [0.25, 0.3) is 0 Å². The van der Waals surface area contributed by atoms with Gasteiger partial charge in [-0.2, -0.15) is 0 Å². The van der Waals surface area contributed by atoms with Crippen LogP contribution in [0.25, 0.3) is 0 Å². The Morgan fingerprint density at radius 2 is 2.07 bits per heavy atom. The minimum absolute atomic E-state index is 0.741. The van der Waals surface area contributed by atoms with Crippen molar-refractivity contribution in [1.82, 2.24) is 4.90 Å². The van der Waals surface area contributed by atoms with Crippen LogP contribution in [0.1, 0.15) is 40.5 Å². The summed E-state index contributed by atoms with van der Waals surface area (Å²) < 4.78 is 0. The largest absolute Gasteiger partial charge is 0.297 e. The molecular weight excluding hydrogens is 170 g/mol. The van der Waals surface area contributed by atoms with Crippen molar-refractivity contribution in [2.24, 2.45) is 11.8 Å². The Labute approximate surface area is 89.2 Å². The maximum Gasteiger partial charge on any atom is 0.0166 e. The van der Waals surface area contributed by atoms with E-state index < -0.39 is 0 Å². The second-order valence-electron chi connectivity index (χ2n) is 4.88. The third-order valence-electron chi connectivity index (χ3n) is 3.54. The van der Waals surface area contributed by atoms with E-state index in [0.29, 0.717) is 0 Å². The highest BCUT2D eigenvalue weighted by molar-refractivity contribution is 4.95. The van der Waals surface area contributed by atoms with Gasteiger partial charge in [-0.3, -0.25) is 4.90 Å². The Balaban J connectivity index is 2.47. The molecule has 0 bridgehead atoms. The van der Waals surface area contributed by atoms with Gasteiger partial charge in [-0.05, 0) is 38.1 Å². The van der Waals surface area contributed by atoms with E-state index in [4.69, 9.17) is 0 Å². The minimum atomic E-state index is 0.741. The highest BCUT2D eigenvalue weighted by Gasteiger charge is 2.17. The molecule has 14 heavy (non-hydrogen) atoms. The summed E-state index contributed by atoms with van der Waals surface area (Å²) in [6, 6.07) is 0.741. The molecule has 0 fully saturated rings.